The van der Waals surface area contributed by atoms with E-state index in [1.165, 1.54) is 13.0 Å². The van der Waals surface area contributed by atoms with Crippen molar-refractivity contribution in [3.63, 3.8) is 0 Å². The highest BCUT2D eigenvalue weighted by Crippen LogP contribution is 1.82. The van der Waals surface area contributed by atoms with Crippen LogP contribution in [0.15, 0.2) is 0 Å². The van der Waals surface area contributed by atoms with Crippen molar-refractivity contribution in [1.29, 1.82) is 0 Å². The third-order valence-corrected chi connectivity index (χ3v) is 2.82. The number of hydrogen-bond acceptors (Lipinski definition) is 3. The van der Waals surface area contributed by atoms with Gasteiger partial charge in [-0.3, -0.25) is 4.79 Å². The molecule has 1 radical (unpaired) electrons. The fraction of sp³-hybridized carbons (Fsp3) is 0.857. The highest BCUT2D eigenvalue weighted by atomic mass is 28.2. The van der Waals surface area contributed by atoms with Gasteiger partial charge in [0.05, 0.1) is 0 Å². The maximum Gasteiger partial charge on any atom is 0.521 e. The maximum atomic E-state index is 9.84. The van der Waals surface area contributed by atoms with E-state index in [9.17, 15) is 4.79 Å². The van der Waals surface area contributed by atoms with Crippen molar-refractivity contribution >= 4 is 31.0 Å². The lowest BCUT2D eigenvalue weighted by Crippen LogP contribution is -1.98. The number of carbonyl (C=O) groups excluding carboxylic acids is 1. The molecule has 0 aliphatic rings. The molecule has 0 atom stereocenters. The first kappa shape index (κ1) is 18.8. The van der Waals surface area contributed by atoms with Gasteiger partial charge in [-0.15, -0.1) is 0 Å². The van der Waals surface area contributed by atoms with Gasteiger partial charge in [-0.2, -0.15) is 0 Å². The first-order chi connectivity index (χ1) is 5.68. The third-order valence-electron chi connectivity index (χ3n) is 1.05. The molecule has 0 bridgehead atoms. The summed E-state index contributed by atoms with van der Waals surface area (Å²) in [4.78, 5) is 9.84. The lowest BCUT2D eigenvalue weighted by Gasteiger charge is -1.90. The molecule has 0 fully saturated rings. The van der Waals surface area contributed by atoms with Gasteiger partial charge in [-0.05, 0) is 6.42 Å². The lowest BCUT2D eigenvalue weighted by atomic mass is 10.5. The summed E-state index contributed by atoms with van der Waals surface area (Å²) in [5.41, 5.74) is 0. The topological polar surface area (TPSA) is 78.0 Å². The molecule has 0 aliphatic heterocycles. The Kier molecular flexibility index (Phi) is 26.1. The Labute approximate surface area is 88.9 Å². The highest BCUT2D eigenvalue weighted by molar-refractivity contribution is 6.33. The third kappa shape index (κ3) is 33.1. The predicted molar refractivity (Wildman–Crippen MR) is 57.9 cm³/mol. The smallest absolute Gasteiger partial charge is 0.521 e. The molecule has 0 amide bonds. The van der Waals surface area contributed by atoms with E-state index in [2.05, 4.69) is 10.3 Å². The molecular formula is C7H20AlO4Si. The van der Waals surface area contributed by atoms with Crippen molar-refractivity contribution < 1.29 is 19.2 Å². The van der Waals surface area contributed by atoms with E-state index in [4.69, 9.17) is 5.11 Å². The first-order valence-electron chi connectivity index (χ1n) is 4.24. The second kappa shape index (κ2) is 18.0. The number of aliphatic hydroxyl groups is 1. The van der Waals surface area contributed by atoms with Crippen LogP contribution in [0.3, 0.4) is 0 Å². The van der Waals surface area contributed by atoms with Gasteiger partial charge in [0, 0.05) is 23.1 Å². The molecule has 3 N–H and O–H groups in total. The summed E-state index contributed by atoms with van der Waals surface area (Å²) in [7, 11) is 0.243. The van der Waals surface area contributed by atoms with Crippen molar-refractivity contribution in [2.75, 3.05) is 6.61 Å². The molecule has 6 heteroatoms. The Bertz CT molecular complexity index is 98.5. The quantitative estimate of drug-likeness (QED) is 0.510. The lowest BCUT2D eigenvalue weighted by molar-refractivity contribution is -0.131. The van der Waals surface area contributed by atoms with Gasteiger partial charge < -0.3 is 14.4 Å². The molecule has 0 aromatic heterocycles. The average molecular weight is 223 g/mol. The van der Waals surface area contributed by atoms with Gasteiger partial charge in [-0.25, -0.2) is 0 Å². The summed E-state index contributed by atoms with van der Waals surface area (Å²) in [6, 6.07) is 1.30. The molecule has 0 aromatic carbocycles. The normalized spacial score (nSPS) is 8.31. The van der Waals surface area contributed by atoms with Crippen LogP contribution in [0.2, 0.25) is 18.4 Å². The van der Waals surface area contributed by atoms with Crippen molar-refractivity contribution in [2.24, 2.45) is 0 Å². The molecule has 0 unspecified atom stereocenters. The Morgan fingerprint density at radius 2 is 2.15 bits per heavy atom. The van der Waals surface area contributed by atoms with Crippen LogP contribution in [0.5, 0.6) is 0 Å². The summed E-state index contributed by atoms with van der Waals surface area (Å²) in [6.45, 7) is 4.06. The standard InChI is InChI=1S/C4H12OSi.C2H4O2.CH3.Al.H2O/c1-6-4-2-3-5;1-2(3)4;;;/h5H,2-4,6H2,1H3;1H3,(H,3,4);1H3;;1H2/q;;;+1;/p-1. The summed E-state index contributed by atoms with van der Waals surface area (Å²) in [5, 5.41) is 8.22. The maximum absolute atomic E-state index is 9.84. The fourth-order valence-corrected chi connectivity index (χ4v) is 1.58. The first-order valence-corrected chi connectivity index (χ1v) is 8.28. The second-order valence-corrected chi connectivity index (χ2v) is 4.69. The Morgan fingerprint density at radius 1 is 1.62 bits per heavy atom. The van der Waals surface area contributed by atoms with Crippen molar-refractivity contribution in [3.05, 3.63) is 0 Å². The minimum Gasteiger partial charge on any atom is -0.622 e. The second-order valence-electron chi connectivity index (χ2n) is 2.28. The molecule has 0 rings (SSSR count). The zero-order valence-electron chi connectivity index (χ0n) is 8.67. The van der Waals surface area contributed by atoms with Crippen LogP contribution in [0, 0.1) is 0 Å². The van der Waals surface area contributed by atoms with E-state index in [1.807, 2.05) is 5.79 Å². The van der Waals surface area contributed by atoms with Crippen LogP contribution < -0.4 is 0 Å². The van der Waals surface area contributed by atoms with E-state index >= 15 is 0 Å². The van der Waals surface area contributed by atoms with Gasteiger partial charge in [-0.1, -0.05) is 18.4 Å². The van der Waals surface area contributed by atoms with E-state index < -0.39 is 0 Å². The number of carbonyl (C=O) groups is 1. The minimum atomic E-state index is -0.174. The van der Waals surface area contributed by atoms with E-state index in [0.29, 0.717) is 6.61 Å². The molecular weight excluding hydrogens is 203 g/mol. The summed E-state index contributed by atoms with van der Waals surface area (Å²) in [6.07, 6.45) is 1.03. The van der Waals surface area contributed by atoms with E-state index in [-0.39, 0.29) is 36.5 Å². The number of rotatable bonds is 4. The molecule has 0 heterocycles. The monoisotopic (exact) mass is 223 g/mol. The predicted octanol–water partition coefficient (Wildman–Crippen LogP) is -0.604. The Morgan fingerprint density at radius 3 is 2.23 bits per heavy atom. The van der Waals surface area contributed by atoms with Crippen LogP contribution in [0.1, 0.15) is 13.3 Å². The fourth-order valence-electron chi connectivity index (χ4n) is 0.528. The number of hydrogen-bond donors (Lipinski definition) is 1. The molecule has 13 heavy (non-hydrogen) atoms. The van der Waals surface area contributed by atoms with Crippen LogP contribution in [0.4, 0.5) is 0 Å². The average Bonchev–Trinajstić information content (AvgIpc) is 2.02. The van der Waals surface area contributed by atoms with Crippen LogP contribution in [0.25, 0.3) is 0 Å². The SMILES string of the molecule is C[SiH2]CCCO.O.[CH3][Al][O]C(C)=O. The molecule has 0 aliphatic carbocycles. The van der Waals surface area contributed by atoms with Gasteiger partial charge >= 0.3 is 15.6 Å². The molecule has 0 aromatic rings. The van der Waals surface area contributed by atoms with Crippen LogP contribution in [-0.4, -0.2) is 48.2 Å². The summed E-state index contributed by atoms with van der Waals surface area (Å²) in [5.74, 6) is 1.69. The van der Waals surface area contributed by atoms with Gasteiger partial charge in [0.2, 0.25) is 0 Å². The molecule has 0 spiro atoms. The molecule has 79 valence electrons. The van der Waals surface area contributed by atoms with Crippen molar-refractivity contribution in [1.82, 2.24) is 0 Å². The zero-order chi connectivity index (χ0) is 9.82. The van der Waals surface area contributed by atoms with Crippen molar-refractivity contribution in [3.8, 4) is 0 Å². The highest BCUT2D eigenvalue weighted by Gasteiger charge is 1.86. The summed E-state index contributed by atoms with van der Waals surface area (Å²) >= 11 is -0.0972. The molecule has 0 saturated heterocycles. The van der Waals surface area contributed by atoms with Gasteiger partial charge in [0.25, 0.3) is 5.97 Å². The van der Waals surface area contributed by atoms with E-state index in [0.717, 1.165) is 6.42 Å². The van der Waals surface area contributed by atoms with E-state index in [1.54, 1.807) is 0 Å². The number of aliphatic hydroxyl groups excluding tert-OH is 1. The largest absolute Gasteiger partial charge is 0.622 e. The summed E-state index contributed by atoms with van der Waals surface area (Å²) < 4.78 is 4.49. The molecule has 4 nitrogen and oxygen atoms in total. The van der Waals surface area contributed by atoms with Crippen LogP contribution >= 0.6 is 0 Å². The van der Waals surface area contributed by atoms with Gasteiger partial charge in [0.15, 0.2) is 0 Å². The molecule has 0 saturated carbocycles. The van der Waals surface area contributed by atoms with Gasteiger partial charge in [0.1, 0.15) is 0 Å². The Balaban J connectivity index is -0.000000143. The minimum absolute atomic E-state index is 0. The zero-order valence-corrected chi connectivity index (χ0v) is 11.2. The van der Waals surface area contributed by atoms with Crippen LogP contribution in [-0.2, 0) is 8.58 Å². The Hall–Kier alpha value is 0.139. The van der Waals surface area contributed by atoms with Crippen molar-refractivity contribution in [2.45, 2.75) is 31.7 Å².